The van der Waals surface area contributed by atoms with Crippen LogP contribution in [-0.4, -0.2) is 5.78 Å². The molecule has 3 rings (SSSR count). The van der Waals surface area contributed by atoms with Crippen LogP contribution in [0.5, 0.6) is 0 Å². The van der Waals surface area contributed by atoms with Gasteiger partial charge >= 0.3 is 0 Å². The molecule has 3 nitrogen and oxygen atoms in total. The second kappa shape index (κ2) is 3.12. The molecule has 2 atom stereocenters. The maximum Gasteiger partial charge on any atom is 0.201 e. The molecule has 2 heterocycles. The van der Waals surface area contributed by atoms with Crippen molar-refractivity contribution in [1.82, 2.24) is 0 Å². The molecule has 0 bridgehead atoms. The van der Waals surface area contributed by atoms with Crippen LogP contribution in [-0.2, 0) is 0 Å². The number of furan rings is 2. The lowest BCUT2D eigenvalue weighted by atomic mass is 10.1. The predicted octanol–water partition coefficient (Wildman–Crippen LogP) is 2.86. The minimum Gasteiger partial charge on any atom is -0.469 e. The van der Waals surface area contributed by atoms with Gasteiger partial charge in [0.05, 0.1) is 12.5 Å². The normalized spacial score (nSPS) is 24.0. The Morgan fingerprint density at radius 1 is 1.20 bits per heavy atom. The summed E-state index contributed by atoms with van der Waals surface area (Å²) in [6.45, 7) is 0. The van der Waals surface area contributed by atoms with Crippen molar-refractivity contribution in [1.29, 1.82) is 0 Å². The molecular weight excluding hydrogens is 192 g/mol. The average Bonchev–Trinajstić information content (AvgIpc) is 2.78. The van der Waals surface area contributed by atoms with Crippen LogP contribution in [0.25, 0.3) is 0 Å². The van der Waals surface area contributed by atoms with E-state index in [-0.39, 0.29) is 17.6 Å². The van der Waals surface area contributed by atoms with Crippen molar-refractivity contribution in [3.05, 3.63) is 48.3 Å². The zero-order valence-electron chi connectivity index (χ0n) is 8.05. The summed E-state index contributed by atoms with van der Waals surface area (Å²) in [5, 5.41) is 0. The van der Waals surface area contributed by atoms with Gasteiger partial charge in [0, 0.05) is 11.8 Å². The first-order valence-corrected chi connectivity index (χ1v) is 4.97. The Morgan fingerprint density at radius 2 is 2.00 bits per heavy atom. The van der Waals surface area contributed by atoms with Gasteiger partial charge in [-0.1, -0.05) is 0 Å². The molecule has 0 unspecified atom stereocenters. The molecule has 0 saturated heterocycles. The Kier molecular flexibility index (Phi) is 1.78. The Balaban J connectivity index is 1.75. The molecule has 1 saturated carbocycles. The molecule has 1 aliphatic rings. The average molecular weight is 202 g/mol. The lowest BCUT2D eigenvalue weighted by molar-refractivity contribution is 0.0936. The van der Waals surface area contributed by atoms with E-state index in [1.807, 2.05) is 12.1 Å². The molecule has 0 aromatic carbocycles. The van der Waals surface area contributed by atoms with Gasteiger partial charge in [-0.05, 0) is 30.7 Å². The first-order valence-electron chi connectivity index (χ1n) is 4.97. The van der Waals surface area contributed by atoms with Gasteiger partial charge in [0.2, 0.25) is 5.78 Å². The summed E-state index contributed by atoms with van der Waals surface area (Å²) < 4.78 is 10.4. The third kappa shape index (κ3) is 1.40. The number of ketones is 1. The largest absolute Gasteiger partial charge is 0.469 e. The van der Waals surface area contributed by atoms with Gasteiger partial charge < -0.3 is 8.83 Å². The highest BCUT2D eigenvalue weighted by atomic mass is 16.3. The monoisotopic (exact) mass is 202 g/mol. The minimum atomic E-state index is 0.0438. The molecule has 0 radical (unpaired) electrons. The molecule has 0 N–H and O–H groups in total. The minimum absolute atomic E-state index is 0.0438. The third-order valence-electron chi connectivity index (χ3n) is 2.80. The van der Waals surface area contributed by atoms with Crippen LogP contribution >= 0.6 is 0 Å². The van der Waals surface area contributed by atoms with Crippen molar-refractivity contribution in [3.63, 3.8) is 0 Å². The van der Waals surface area contributed by atoms with Gasteiger partial charge in [0.25, 0.3) is 0 Å². The van der Waals surface area contributed by atoms with Crippen LogP contribution in [0.1, 0.15) is 28.7 Å². The van der Waals surface area contributed by atoms with Crippen molar-refractivity contribution < 1.29 is 13.6 Å². The van der Waals surface area contributed by atoms with E-state index in [1.54, 1.807) is 18.4 Å². The van der Waals surface area contributed by atoms with E-state index < -0.39 is 0 Å². The van der Waals surface area contributed by atoms with Crippen molar-refractivity contribution in [2.45, 2.75) is 12.3 Å². The smallest absolute Gasteiger partial charge is 0.201 e. The van der Waals surface area contributed by atoms with Crippen LogP contribution in [0.4, 0.5) is 0 Å². The fraction of sp³-hybridized carbons (Fsp3) is 0.250. The van der Waals surface area contributed by atoms with E-state index in [4.69, 9.17) is 8.83 Å². The summed E-state index contributed by atoms with van der Waals surface area (Å²) in [6.07, 6.45) is 4.03. The van der Waals surface area contributed by atoms with Crippen molar-refractivity contribution in [2.24, 2.45) is 5.92 Å². The van der Waals surface area contributed by atoms with Gasteiger partial charge in [-0.15, -0.1) is 0 Å². The van der Waals surface area contributed by atoms with E-state index in [0.717, 1.165) is 12.2 Å². The predicted molar refractivity (Wildman–Crippen MR) is 52.6 cm³/mol. The molecule has 0 spiro atoms. The lowest BCUT2D eigenvalue weighted by Crippen LogP contribution is -2.00. The third-order valence-corrected chi connectivity index (χ3v) is 2.80. The van der Waals surface area contributed by atoms with Crippen LogP contribution in [0.3, 0.4) is 0 Å². The second-order valence-electron chi connectivity index (χ2n) is 3.81. The number of carbonyl (C=O) groups excluding carboxylic acids is 1. The van der Waals surface area contributed by atoms with Gasteiger partial charge in [-0.3, -0.25) is 4.79 Å². The van der Waals surface area contributed by atoms with Crippen molar-refractivity contribution >= 4 is 5.78 Å². The Labute approximate surface area is 86.7 Å². The quantitative estimate of drug-likeness (QED) is 0.719. The molecule has 2 aromatic heterocycles. The van der Waals surface area contributed by atoms with E-state index in [0.29, 0.717) is 5.76 Å². The summed E-state index contributed by atoms with van der Waals surface area (Å²) in [4.78, 5) is 11.8. The van der Waals surface area contributed by atoms with Gasteiger partial charge in [0.1, 0.15) is 5.76 Å². The Morgan fingerprint density at radius 3 is 2.67 bits per heavy atom. The van der Waals surface area contributed by atoms with Gasteiger partial charge in [0.15, 0.2) is 5.76 Å². The second-order valence-corrected chi connectivity index (χ2v) is 3.81. The standard InChI is InChI=1S/C12H10O3/c13-12(11-4-2-6-15-11)9-7-8(9)10-3-1-5-14-10/h1-6,8-9H,7H2/t8-,9-/m0/s1. The van der Waals surface area contributed by atoms with Gasteiger partial charge in [-0.2, -0.15) is 0 Å². The highest BCUT2D eigenvalue weighted by Gasteiger charge is 2.46. The maximum absolute atomic E-state index is 11.8. The number of rotatable bonds is 3. The van der Waals surface area contributed by atoms with Crippen LogP contribution in [0, 0.1) is 5.92 Å². The summed E-state index contributed by atoms with van der Waals surface area (Å²) in [7, 11) is 0. The number of hydrogen-bond acceptors (Lipinski definition) is 3. The fourth-order valence-corrected chi connectivity index (χ4v) is 1.90. The summed E-state index contributed by atoms with van der Waals surface area (Å²) in [5.41, 5.74) is 0. The van der Waals surface area contributed by atoms with Crippen LogP contribution < -0.4 is 0 Å². The highest BCUT2D eigenvalue weighted by Crippen LogP contribution is 2.49. The van der Waals surface area contributed by atoms with Crippen LogP contribution in [0.15, 0.2) is 45.6 Å². The fourth-order valence-electron chi connectivity index (χ4n) is 1.90. The molecule has 1 fully saturated rings. The highest BCUT2D eigenvalue weighted by molar-refractivity contribution is 5.97. The van der Waals surface area contributed by atoms with E-state index in [2.05, 4.69) is 0 Å². The Hall–Kier alpha value is -1.77. The summed E-state index contributed by atoms with van der Waals surface area (Å²) >= 11 is 0. The first-order chi connectivity index (χ1) is 7.36. The van der Waals surface area contributed by atoms with Crippen LogP contribution in [0.2, 0.25) is 0 Å². The number of Topliss-reactive ketones (excluding diaryl/α,β-unsaturated/α-hetero) is 1. The zero-order valence-corrected chi connectivity index (χ0v) is 8.05. The van der Waals surface area contributed by atoms with Gasteiger partial charge in [-0.25, -0.2) is 0 Å². The molecule has 2 aromatic rings. The van der Waals surface area contributed by atoms with Crippen molar-refractivity contribution in [3.8, 4) is 0 Å². The first kappa shape index (κ1) is 8.53. The van der Waals surface area contributed by atoms with E-state index in [1.165, 1.54) is 6.26 Å². The molecule has 3 heteroatoms. The summed E-state index contributed by atoms with van der Waals surface area (Å²) in [6, 6.07) is 7.21. The molecule has 15 heavy (non-hydrogen) atoms. The topological polar surface area (TPSA) is 43.4 Å². The molecule has 0 amide bonds. The summed E-state index contributed by atoms with van der Waals surface area (Å²) in [5.74, 6) is 1.73. The Bertz CT molecular complexity index is 453. The number of carbonyl (C=O) groups is 1. The van der Waals surface area contributed by atoms with E-state index >= 15 is 0 Å². The van der Waals surface area contributed by atoms with Crippen molar-refractivity contribution in [2.75, 3.05) is 0 Å². The zero-order chi connectivity index (χ0) is 10.3. The SMILES string of the molecule is O=C(c1ccco1)[C@H]1C[C@@H]1c1ccco1. The number of hydrogen-bond donors (Lipinski definition) is 0. The molecule has 0 aliphatic heterocycles. The molecular formula is C12H10O3. The molecule has 1 aliphatic carbocycles. The molecule has 76 valence electrons. The maximum atomic E-state index is 11.8. The van der Waals surface area contributed by atoms with E-state index in [9.17, 15) is 4.79 Å². The lowest BCUT2D eigenvalue weighted by Gasteiger charge is -1.94.